The van der Waals surface area contributed by atoms with Gasteiger partial charge in [-0.3, -0.25) is 4.31 Å². The minimum absolute atomic E-state index is 0.00177. The molecule has 2 aromatic carbocycles. The fraction of sp³-hybridized carbons (Fsp3) is 0.375. The maximum Gasteiger partial charge on any atom is 0.265 e. The fourth-order valence-electron chi connectivity index (χ4n) is 3.29. The monoisotopic (exact) mass is 303 g/mol. The molecule has 0 saturated carbocycles. The van der Waals surface area contributed by atoms with Gasteiger partial charge in [-0.1, -0.05) is 24.3 Å². The van der Waals surface area contributed by atoms with E-state index in [9.17, 15) is 8.42 Å². The van der Waals surface area contributed by atoms with Gasteiger partial charge in [0.25, 0.3) is 10.0 Å². The summed E-state index contributed by atoms with van der Waals surface area (Å²) < 4.78 is 32.9. The molecule has 2 aliphatic rings. The third-order valence-electron chi connectivity index (χ3n) is 4.32. The van der Waals surface area contributed by atoms with Gasteiger partial charge in [-0.25, -0.2) is 8.42 Å². The van der Waals surface area contributed by atoms with Crippen molar-refractivity contribution in [1.82, 2.24) is 0 Å². The molecule has 5 heteroatoms. The maximum absolute atomic E-state index is 12.8. The van der Waals surface area contributed by atoms with Crippen molar-refractivity contribution in [2.45, 2.75) is 30.3 Å². The molecule has 0 N–H and O–H groups in total. The second-order valence-electron chi connectivity index (χ2n) is 5.66. The smallest absolute Gasteiger partial charge is 0.265 e. The van der Waals surface area contributed by atoms with Crippen molar-refractivity contribution in [2.75, 3.05) is 17.5 Å². The van der Waals surface area contributed by atoms with Crippen LogP contribution in [0.15, 0.2) is 41.3 Å². The van der Waals surface area contributed by atoms with Gasteiger partial charge in [-0.05, 0) is 36.8 Å². The number of hydrogen-bond donors (Lipinski definition) is 0. The molecule has 0 radical (unpaired) electrons. The number of rotatable bonds is 2. The molecule has 110 valence electrons. The molecule has 0 aromatic heterocycles. The Bertz CT molecular complexity index is 789. The normalized spacial score (nSPS) is 23.6. The third kappa shape index (κ3) is 1.95. The largest absolute Gasteiger partial charge is 0.376 e. The molecule has 4 rings (SSSR count). The standard InChI is InChI=1S/C16H17NO3S/c18-21(19)15-9-4-6-12-5-3-8-14(16(12)15)17(21)11-13-7-1-2-10-20-13/h3-6,8-9,13H,1-2,7,10-11H2. The molecule has 1 unspecified atom stereocenters. The Labute approximate surface area is 124 Å². The van der Waals surface area contributed by atoms with Crippen LogP contribution in [-0.2, 0) is 14.8 Å². The van der Waals surface area contributed by atoms with Crippen LogP contribution in [-0.4, -0.2) is 27.7 Å². The first-order chi connectivity index (χ1) is 10.2. The van der Waals surface area contributed by atoms with Gasteiger partial charge >= 0.3 is 0 Å². The highest BCUT2D eigenvalue weighted by Gasteiger charge is 2.37. The average Bonchev–Trinajstić information content (AvgIpc) is 2.72. The molecular formula is C16H17NO3S. The summed E-state index contributed by atoms with van der Waals surface area (Å²) in [7, 11) is -3.44. The van der Waals surface area contributed by atoms with Gasteiger partial charge in [-0.2, -0.15) is 0 Å². The Morgan fingerprint density at radius 1 is 1.14 bits per heavy atom. The SMILES string of the molecule is O=S1(=O)c2cccc3cccc(c23)N1CC1CCCCO1. The van der Waals surface area contributed by atoms with E-state index >= 15 is 0 Å². The van der Waals surface area contributed by atoms with Gasteiger partial charge < -0.3 is 4.74 Å². The van der Waals surface area contributed by atoms with Crippen LogP contribution < -0.4 is 4.31 Å². The van der Waals surface area contributed by atoms with Crippen molar-refractivity contribution >= 4 is 26.5 Å². The third-order valence-corrected chi connectivity index (χ3v) is 6.15. The van der Waals surface area contributed by atoms with Crippen LogP contribution in [0.3, 0.4) is 0 Å². The molecule has 0 aliphatic carbocycles. The first kappa shape index (κ1) is 13.1. The number of ether oxygens (including phenoxy) is 1. The Morgan fingerprint density at radius 3 is 2.71 bits per heavy atom. The Kier molecular flexibility index (Phi) is 2.94. The second-order valence-corrected chi connectivity index (χ2v) is 7.49. The molecule has 2 aromatic rings. The van der Waals surface area contributed by atoms with Crippen molar-refractivity contribution in [2.24, 2.45) is 0 Å². The van der Waals surface area contributed by atoms with Gasteiger partial charge in [0.15, 0.2) is 0 Å². The van der Waals surface area contributed by atoms with Crippen LogP contribution in [0, 0.1) is 0 Å². The summed E-state index contributed by atoms with van der Waals surface area (Å²) in [5.41, 5.74) is 0.789. The maximum atomic E-state index is 12.8. The van der Waals surface area contributed by atoms with Gasteiger partial charge in [0.1, 0.15) is 0 Å². The molecule has 2 aliphatic heterocycles. The number of hydrogen-bond acceptors (Lipinski definition) is 3. The molecule has 0 amide bonds. The van der Waals surface area contributed by atoms with Crippen molar-refractivity contribution in [3.05, 3.63) is 36.4 Å². The van der Waals surface area contributed by atoms with Crippen molar-refractivity contribution in [3.63, 3.8) is 0 Å². The Morgan fingerprint density at radius 2 is 1.95 bits per heavy atom. The zero-order valence-corrected chi connectivity index (χ0v) is 12.5. The fourth-order valence-corrected chi connectivity index (χ4v) is 5.03. The first-order valence-electron chi connectivity index (χ1n) is 7.34. The predicted molar refractivity (Wildman–Crippen MR) is 82.1 cm³/mol. The summed E-state index contributed by atoms with van der Waals surface area (Å²) >= 11 is 0. The van der Waals surface area contributed by atoms with Crippen LogP contribution >= 0.6 is 0 Å². The molecule has 21 heavy (non-hydrogen) atoms. The highest BCUT2D eigenvalue weighted by molar-refractivity contribution is 7.93. The van der Waals surface area contributed by atoms with E-state index in [-0.39, 0.29) is 6.10 Å². The lowest BCUT2D eigenvalue weighted by atomic mass is 10.1. The lowest BCUT2D eigenvalue weighted by molar-refractivity contribution is 0.0229. The van der Waals surface area contributed by atoms with Gasteiger partial charge in [0.2, 0.25) is 0 Å². The zero-order valence-electron chi connectivity index (χ0n) is 11.7. The van der Waals surface area contributed by atoms with Crippen molar-refractivity contribution < 1.29 is 13.2 Å². The number of anilines is 1. The number of nitrogens with zero attached hydrogens (tertiary/aromatic N) is 1. The zero-order chi connectivity index (χ0) is 14.4. The summed E-state index contributed by atoms with van der Waals surface area (Å²) in [5, 5.41) is 1.82. The number of benzene rings is 2. The molecule has 1 atom stereocenters. The average molecular weight is 303 g/mol. The van der Waals surface area contributed by atoms with Gasteiger partial charge in [0.05, 0.1) is 23.2 Å². The van der Waals surface area contributed by atoms with E-state index in [1.807, 2.05) is 24.3 Å². The molecular weight excluding hydrogens is 286 g/mol. The highest BCUT2D eigenvalue weighted by atomic mass is 32.2. The Balaban J connectivity index is 1.81. The van der Waals surface area contributed by atoms with E-state index in [1.54, 1.807) is 12.1 Å². The van der Waals surface area contributed by atoms with E-state index in [2.05, 4.69) is 0 Å². The van der Waals surface area contributed by atoms with Crippen LogP contribution in [0.5, 0.6) is 0 Å². The molecule has 1 saturated heterocycles. The molecule has 0 bridgehead atoms. The van der Waals surface area contributed by atoms with E-state index in [4.69, 9.17) is 4.74 Å². The summed E-state index contributed by atoms with van der Waals surface area (Å²) in [4.78, 5) is 0.423. The number of sulfonamides is 1. The summed E-state index contributed by atoms with van der Waals surface area (Å²) in [6.45, 7) is 1.14. The van der Waals surface area contributed by atoms with E-state index < -0.39 is 10.0 Å². The van der Waals surface area contributed by atoms with Crippen LogP contribution in [0.1, 0.15) is 19.3 Å². The molecule has 2 heterocycles. The van der Waals surface area contributed by atoms with Gasteiger partial charge in [-0.15, -0.1) is 0 Å². The van der Waals surface area contributed by atoms with E-state index in [0.29, 0.717) is 11.4 Å². The second kappa shape index (κ2) is 4.71. The van der Waals surface area contributed by atoms with Crippen molar-refractivity contribution in [3.8, 4) is 0 Å². The van der Waals surface area contributed by atoms with Crippen LogP contribution in [0.4, 0.5) is 5.69 Å². The first-order valence-corrected chi connectivity index (χ1v) is 8.78. The lowest BCUT2D eigenvalue weighted by Crippen LogP contribution is -2.37. The molecule has 0 spiro atoms. The predicted octanol–water partition coefficient (Wildman–Crippen LogP) is 2.92. The van der Waals surface area contributed by atoms with E-state index in [0.717, 1.165) is 42.3 Å². The quantitative estimate of drug-likeness (QED) is 0.857. The summed E-state index contributed by atoms with van der Waals surface area (Å²) in [5.74, 6) is 0. The summed E-state index contributed by atoms with van der Waals surface area (Å²) in [6.07, 6.45) is 3.10. The molecule has 4 nitrogen and oxygen atoms in total. The Hall–Kier alpha value is -1.59. The van der Waals surface area contributed by atoms with E-state index in [1.165, 1.54) is 4.31 Å². The topological polar surface area (TPSA) is 46.6 Å². The van der Waals surface area contributed by atoms with Crippen LogP contribution in [0.2, 0.25) is 0 Å². The van der Waals surface area contributed by atoms with Gasteiger partial charge in [0, 0.05) is 12.0 Å². The highest BCUT2D eigenvalue weighted by Crippen LogP contribution is 2.42. The minimum atomic E-state index is -3.44. The van der Waals surface area contributed by atoms with Crippen molar-refractivity contribution in [1.29, 1.82) is 0 Å². The molecule has 1 fully saturated rings. The lowest BCUT2D eigenvalue weighted by Gasteiger charge is -2.28. The minimum Gasteiger partial charge on any atom is -0.376 e. The summed E-state index contributed by atoms with van der Waals surface area (Å²) in [6, 6.07) is 11.2. The van der Waals surface area contributed by atoms with Crippen LogP contribution in [0.25, 0.3) is 10.8 Å².